The minimum atomic E-state index is -0.611. The first-order chi connectivity index (χ1) is 8.22. The number of hydrogen-bond donors (Lipinski definition) is 1. The fraction of sp³-hybridized carbons (Fsp3) is 0.273. The molecule has 0 bridgehead atoms. The molecule has 0 unspecified atom stereocenters. The number of nitrogens with zero attached hydrogens (tertiary/aromatic N) is 3. The minimum absolute atomic E-state index is 0.287. The van der Waals surface area contributed by atoms with E-state index < -0.39 is 11.6 Å². The normalized spacial score (nSPS) is 15.9. The van der Waals surface area contributed by atoms with Crippen LogP contribution in [0.15, 0.2) is 24.4 Å². The lowest BCUT2D eigenvalue weighted by molar-refractivity contribution is 0.313. The Labute approximate surface area is 96.3 Å². The van der Waals surface area contributed by atoms with E-state index >= 15 is 0 Å². The van der Waals surface area contributed by atoms with Crippen molar-refractivity contribution in [1.82, 2.24) is 20.3 Å². The number of hydrogen-bond acceptors (Lipinski definition) is 3. The summed E-state index contributed by atoms with van der Waals surface area (Å²) in [7, 11) is 0. The van der Waals surface area contributed by atoms with E-state index in [4.69, 9.17) is 0 Å². The highest BCUT2D eigenvalue weighted by molar-refractivity contribution is 5.57. The highest BCUT2D eigenvalue weighted by Gasteiger charge is 2.20. The molecule has 6 heteroatoms. The molecule has 0 atom stereocenters. The lowest BCUT2D eigenvalue weighted by Crippen LogP contribution is -2.43. The van der Waals surface area contributed by atoms with Crippen LogP contribution in [-0.4, -0.2) is 28.1 Å². The standard InChI is InChI=1S/C11H10F2N4/c12-8-1-7(2-9(13)3-8)11-6-17(16-15-11)10-4-14-5-10/h1-3,6,10,14H,4-5H2. The van der Waals surface area contributed by atoms with E-state index in [1.165, 1.54) is 12.1 Å². The molecule has 2 aromatic rings. The average molecular weight is 236 g/mol. The fourth-order valence-corrected chi connectivity index (χ4v) is 1.75. The van der Waals surface area contributed by atoms with Crippen molar-refractivity contribution in [2.24, 2.45) is 0 Å². The van der Waals surface area contributed by atoms with Crippen LogP contribution in [-0.2, 0) is 0 Å². The third-order valence-electron chi connectivity index (χ3n) is 2.80. The van der Waals surface area contributed by atoms with Gasteiger partial charge in [-0.2, -0.15) is 0 Å². The van der Waals surface area contributed by atoms with Crippen LogP contribution in [0.25, 0.3) is 11.3 Å². The van der Waals surface area contributed by atoms with Gasteiger partial charge in [0.25, 0.3) is 0 Å². The highest BCUT2D eigenvalue weighted by atomic mass is 19.1. The molecule has 1 aromatic carbocycles. The van der Waals surface area contributed by atoms with Crippen molar-refractivity contribution < 1.29 is 8.78 Å². The van der Waals surface area contributed by atoms with Gasteiger partial charge in [-0.05, 0) is 12.1 Å². The van der Waals surface area contributed by atoms with Gasteiger partial charge in [0.1, 0.15) is 17.3 Å². The van der Waals surface area contributed by atoms with E-state index in [2.05, 4.69) is 15.6 Å². The molecular weight excluding hydrogens is 226 g/mol. The van der Waals surface area contributed by atoms with E-state index in [0.717, 1.165) is 19.2 Å². The molecule has 4 nitrogen and oxygen atoms in total. The summed E-state index contributed by atoms with van der Waals surface area (Å²) in [5, 5.41) is 11.0. The predicted molar refractivity (Wildman–Crippen MR) is 57.3 cm³/mol. The minimum Gasteiger partial charge on any atom is -0.312 e. The molecule has 1 aromatic heterocycles. The van der Waals surface area contributed by atoms with Gasteiger partial charge in [-0.15, -0.1) is 5.10 Å². The molecule has 0 saturated carbocycles. The highest BCUT2D eigenvalue weighted by Crippen LogP contribution is 2.20. The van der Waals surface area contributed by atoms with Crippen molar-refractivity contribution in [1.29, 1.82) is 0 Å². The van der Waals surface area contributed by atoms with Gasteiger partial charge >= 0.3 is 0 Å². The summed E-state index contributed by atoms with van der Waals surface area (Å²) in [5.41, 5.74) is 0.885. The van der Waals surface area contributed by atoms with Gasteiger partial charge in [-0.1, -0.05) is 5.21 Å². The lowest BCUT2D eigenvalue weighted by Gasteiger charge is -2.26. The average Bonchev–Trinajstić information content (AvgIpc) is 2.62. The molecule has 2 heterocycles. The SMILES string of the molecule is Fc1cc(F)cc(-c2cn(C3CNC3)nn2)c1. The van der Waals surface area contributed by atoms with Gasteiger partial charge in [-0.3, -0.25) is 0 Å². The molecule has 0 spiro atoms. The van der Waals surface area contributed by atoms with E-state index in [0.29, 0.717) is 11.3 Å². The summed E-state index contributed by atoms with van der Waals surface area (Å²) in [5.74, 6) is -1.22. The Morgan fingerprint density at radius 2 is 1.88 bits per heavy atom. The van der Waals surface area contributed by atoms with Crippen LogP contribution in [0.5, 0.6) is 0 Å². The number of halogens is 2. The summed E-state index contributed by atoms with van der Waals surface area (Å²) < 4.78 is 27.8. The van der Waals surface area contributed by atoms with Crippen LogP contribution in [0.4, 0.5) is 8.78 Å². The molecule has 0 amide bonds. The third kappa shape index (κ3) is 1.91. The van der Waals surface area contributed by atoms with Crippen molar-refractivity contribution in [3.05, 3.63) is 36.0 Å². The Kier molecular flexibility index (Phi) is 2.36. The first-order valence-electron chi connectivity index (χ1n) is 5.31. The number of nitrogens with one attached hydrogen (secondary N) is 1. The molecule has 3 rings (SSSR count). The van der Waals surface area contributed by atoms with Crippen LogP contribution in [0.3, 0.4) is 0 Å². The second-order valence-corrected chi connectivity index (χ2v) is 4.05. The first kappa shape index (κ1) is 10.3. The van der Waals surface area contributed by atoms with Crippen molar-refractivity contribution in [3.8, 4) is 11.3 Å². The molecule has 1 N–H and O–H groups in total. The van der Waals surface area contributed by atoms with Crippen molar-refractivity contribution in [3.63, 3.8) is 0 Å². The van der Waals surface area contributed by atoms with Gasteiger partial charge in [0.15, 0.2) is 0 Å². The summed E-state index contributed by atoms with van der Waals surface area (Å²) >= 11 is 0. The Balaban J connectivity index is 1.94. The smallest absolute Gasteiger partial charge is 0.126 e. The Hall–Kier alpha value is -1.82. The Morgan fingerprint density at radius 1 is 1.18 bits per heavy atom. The second kappa shape index (κ2) is 3.89. The zero-order valence-electron chi connectivity index (χ0n) is 8.90. The van der Waals surface area contributed by atoms with Gasteiger partial charge in [0.05, 0.1) is 12.2 Å². The maximum Gasteiger partial charge on any atom is 0.126 e. The largest absolute Gasteiger partial charge is 0.312 e. The second-order valence-electron chi connectivity index (χ2n) is 4.05. The van der Waals surface area contributed by atoms with Gasteiger partial charge in [0.2, 0.25) is 0 Å². The first-order valence-corrected chi connectivity index (χ1v) is 5.31. The maximum atomic E-state index is 13.1. The molecule has 88 valence electrons. The molecular formula is C11H10F2N4. The van der Waals surface area contributed by atoms with Crippen molar-refractivity contribution in [2.45, 2.75) is 6.04 Å². The number of aromatic nitrogens is 3. The zero-order chi connectivity index (χ0) is 11.8. The zero-order valence-corrected chi connectivity index (χ0v) is 8.90. The van der Waals surface area contributed by atoms with Crippen LogP contribution >= 0.6 is 0 Å². The molecule has 0 aliphatic carbocycles. The van der Waals surface area contributed by atoms with Crippen molar-refractivity contribution in [2.75, 3.05) is 13.1 Å². The van der Waals surface area contributed by atoms with E-state index in [-0.39, 0.29) is 6.04 Å². The van der Waals surface area contributed by atoms with Crippen LogP contribution < -0.4 is 5.32 Å². The van der Waals surface area contributed by atoms with E-state index in [1.807, 2.05) is 0 Å². The number of benzene rings is 1. The molecule has 1 saturated heterocycles. The topological polar surface area (TPSA) is 42.7 Å². The number of rotatable bonds is 2. The summed E-state index contributed by atoms with van der Waals surface area (Å²) in [6, 6.07) is 3.62. The van der Waals surface area contributed by atoms with E-state index in [1.54, 1.807) is 10.9 Å². The van der Waals surface area contributed by atoms with Gasteiger partial charge in [-0.25, -0.2) is 13.5 Å². The summed E-state index contributed by atoms with van der Waals surface area (Å²) in [4.78, 5) is 0. The Bertz CT molecular complexity index is 528. The summed E-state index contributed by atoms with van der Waals surface area (Å²) in [6.07, 6.45) is 1.71. The van der Waals surface area contributed by atoms with E-state index in [9.17, 15) is 8.78 Å². The molecule has 17 heavy (non-hydrogen) atoms. The summed E-state index contributed by atoms with van der Waals surface area (Å²) in [6.45, 7) is 1.70. The van der Waals surface area contributed by atoms with Gasteiger partial charge < -0.3 is 5.32 Å². The predicted octanol–water partition coefficient (Wildman–Crippen LogP) is 1.37. The maximum absolute atomic E-state index is 13.1. The van der Waals surface area contributed by atoms with Gasteiger partial charge in [0, 0.05) is 24.7 Å². The van der Waals surface area contributed by atoms with Crippen LogP contribution in [0.1, 0.15) is 6.04 Å². The molecule has 1 fully saturated rings. The quantitative estimate of drug-likeness (QED) is 0.856. The molecule has 1 aliphatic heterocycles. The van der Waals surface area contributed by atoms with Crippen LogP contribution in [0.2, 0.25) is 0 Å². The van der Waals surface area contributed by atoms with Crippen molar-refractivity contribution >= 4 is 0 Å². The monoisotopic (exact) mass is 236 g/mol. The third-order valence-corrected chi connectivity index (χ3v) is 2.80. The fourth-order valence-electron chi connectivity index (χ4n) is 1.75. The Morgan fingerprint density at radius 3 is 2.47 bits per heavy atom. The molecule has 0 radical (unpaired) electrons. The van der Waals surface area contributed by atoms with Crippen LogP contribution in [0, 0.1) is 11.6 Å². The lowest BCUT2D eigenvalue weighted by atomic mass is 10.1. The molecule has 1 aliphatic rings.